The average Bonchev–Trinajstić information content (AvgIpc) is 3.28. The van der Waals surface area contributed by atoms with E-state index in [0.29, 0.717) is 25.4 Å². The zero-order valence-electron chi connectivity index (χ0n) is 14.0. The third-order valence-corrected chi connectivity index (χ3v) is 4.69. The topological polar surface area (TPSA) is 78.2 Å². The Hall–Kier alpha value is -1.41. The first-order chi connectivity index (χ1) is 11.7. The average molecular weight is 337 g/mol. The molecule has 1 aromatic rings. The second-order valence-electron chi connectivity index (χ2n) is 6.55. The van der Waals surface area contributed by atoms with Gasteiger partial charge in [0.1, 0.15) is 11.9 Å². The van der Waals surface area contributed by atoms with Crippen LogP contribution < -0.4 is 5.32 Å². The van der Waals surface area contributed by atoms with E-state index in [-0.39, 0.29) is 12.0 Å². The minimum Gasteiger partial charge on any atom is -0.467 e. The summed E-state index contributed by atoms with van der Waals surface area (Å²) in [6.45, 7) is 5.78. The molecule has 7 heteroatoms. The lowest BCUT2D eigenvalue weighted by Gasteiger charge is -2.35. The van der Waals surface area contributed by atoms with Crippen molar-refractivity contribution in [2.24, 2.45) is 0 Å². The Morgan fingerprint density at radius 2 is 2.12 bits per heavy atom. The van der Waals surface area contributed by atoms with Crippen molar-refractivity contribution in [3.05, 3.63) is 24.2 Å². The van der Waals surface area contributed by atoms with E-state index in [1.54, 1.807) is 18.4 Å². The SMILES string of the molecule is O=C(CN1CCN(C[C@H](O)c2ccco2)CC1)NC[C@@H]1CCCO1. The van der Waals surface area contributed by atoms with Crippen LogP contribution in [0.4, 0.5) is 0 Å². The fraction of sp³-hybridized carbons (Fsp3) is 0.706. The van der Waals surface area contributed by atoms with E-state index in [1.165, 1.54) is 0 Å². The van der Waals surface area contributed by atoms with E-state index in [9.17, 15) is 9.90 Å². The predicted molar refractivity (Wildman–Crippen MR) is 88.5 cm³/mol. The Kier molecular flexibility index (Phi) is 6.25. The monoisotopic (exact) mass is 337 g/mol. The fourth-order valence-corrected chi connectivity index (χ4v) is 3.24. The van der Waals surface area contributed by atoms with Crippen molar-refractivity contribution in [1.82, 2.24) is 15.1 Å². The minimum absolute atomic E-state index is 0.0644. The molecule has 24 heavy (non-hydrogen) atoms. The van der Waals surface area contributed by atoms with Crippen LogP contribution in [0, 0.1) is 0 Å². The summed E-state index contributed by atoms with van der Waals surface area (Å²) in [6.07, 6.45) is 3.30. The smallest absolute Gasteiger partial charge is 0.234 e. The van der Waals surface area contributed by atoms with Crippen LogP contribution in [0.1, 0.15) is 24.7 Å². The van der Waals surface area contributed by atoms with Crippen molar-refractivity contribution < 1.29 is 19.1 Å². The van der Waals surface area contributed by atoms with Crippen molar-refractivity contribution in [1.29, 1.82) is 0 Å². The number of amides is 1. The number of piperazine rings is 1. The van der Waals surface area contributed by atoms with Crippen LogP contribution in [-0.4, -0.2) is 79.3 Å². The molecule has 0 unspecified atom stereocenters. The zero-order chi connectivity index (χ0) is 16.8. The van der Waals surface area contributed by atoms with Gasteiger partial charge in [-0.05, 0) is 25.0 Å². The van der Waals surface area contributed by atoms with Gasteiger partial charge >= 0.3 is 0 Å². The van der Waals surface area contributed by atoms with Gasteiger partial charge < -0.3 is 19.6 Å². The fourth-order valence-electron chi connectivity index (χ4n) is 3.24. The van der Waals surface area contributed by atoms with Gasteiger partial charge in [-0.1, -0.05) is 0 Å². The molecule has 0 bridgehead atoms. The summed E-state index contributed by atoms with van der Waals surface area (Å²) in [4.78, 5) is 16.4. The number of ether oxygens (including phenoxy) is 1. The maximum Gasteiger partial charge on any atom is 0.234 e. The molecule has 1 aromatic heterocycles. The first kappa shape index (κ1) is 17.4. The van der Waals surface area contributed by atoms with E-state index in [2.05, 4.69) is 15.1 Å². The number of aliphatic hydroxyl groups is 1. The van der Waals surface area contributed by atoms with Crippen LogP contribution in [-0.2, 0) is 9.53 Å². The van der Waals surface area contributed by atoms with E-state index in [0.717, 1.165) is 45.6 Å². The molecule has 0 saturated carbocycles. The Labute approximate surface area is 142 Å². The number of hydrogen-bond acceptors (Lipinski definition) is 6. The zero-order valence-corrected chi connectivity index (χ0v) is 14.0. The normalized spacial score (nSPS) is 24.1. The molecule has 1 amide bonds. The van der Waals surface area contributed by atoms with Crippen molar-refractivity contribution in [2.45, 2.75) is 25.0 Å². The molecule has 2 N–H and O–H groups in total. The highest BCUT2D eigenvalue weighted by molar-refractivity contribution is 5.78. The van der Waals surface area contributed by atoms with Gasteiger partial charge in [0.05, 0.1) is 18.9 Å². The number of carbonyl (C=O) groups is 1. The number of β-amino-alcohol motifs (C(OH)–C–C–N with tert-alkyl or cyclic N) is 1. The van der Waals surface area contributed by atoms with Crippen LogP contribution in [0.2, 0.25) is 0 Å². The number of hydrogen-bond donors (Lipinski definition) is 2. The molecule has 2 aliphatic heterocycles. The number of furan rings is 1. The molecular weight excluding hydrogens is 310 g/mol. The molecule has 3 rings (SSSR count). The third-order valence-electron chi connectivity index (χ3n) is 4.69. The predicted octanol–water partition coefficient (Wildman–Crippen LogP) is 0.226. The van der Waals surface area contributed by atoms with Crippen LogP contribution >= 0.6 is 0 Å². The molecular formula is C17H27N3O4. The molecule has 0 aliphatic carbocycles. The molecule has 0 aromatic carbocycles. The summed E-state index contributed by atoms with van der Waals surface area (Å²) in [7, 11) is 0. The lowest BCUT2D eigenvalue weighted by atomic mass is 10.2. The first-order valence-electron chi connectivity index (χ1n) is 8.75. The van der Waals surface area contributed by atoms with E-state index >= 15 is 0 Å². The van der Waals surface area contributed by atoms with Gasteiger partial charge in [0.15, 0.2) is 0 Å². The van der Waals surface area contributed by atoms with E-state index in [1.807, 2.05) is 0 Å². The van der Waals surface area contributed by atoms with Crippen LogP contribution in [0.3, 0.4) is 0 Å². The standard InChI is InChI=1S/C17H27N3O4/c21-15(16-4-2-10-24-16)12-19-5-7-20(8-6-19)13-17(22)18-11-14-3-1-9-23-14/h2,4,10,14-15,21H,1,3,5-9,11-13H2,(H,18,22)/t14-,15-/m0/s1. The molecule has 0 spiro atoms. The second-order valence-corrected chi connectivity index (χ2v) is 6.55. The highest BCUT2D eigenvalue weighted by Crippen LogP contribution is 2.15. The first-order valence-corrected chi connectivity index (χ1v) is 8.75. The largest absolute Gasteiger partial charge is 0.467 e. The highest BCUT2D eigenvalue weighted by Gasteiger charge is 2.23. The Balaban J connectivity index is 1.32. The van der Waals surface area contributed by atoms with Crippen molar-refractivity contribution in [3.8, 4) is 0 Å². The Morgan fingerprint density at radius 3 is 2.79 bits per heavy atom. The number of aliphatic hydroxyl groups excluding tert-OH is 1. The van der Waals surface area contributed by atoms with Gasteiger partial charge in [0, 0.05) is 45.9 Å². The van der Waals surface area contributed by atoms with Gasteiger partial charge in [-0.25, -0.2) is 0 Å². The van der Waals surface area contributed by atoms with Gasteiger partial charge in [0.25, 0.3) is 0 Å². The molecule has 2 atom stereocenters. The van der Waals surface area contributed by atoms with Crippen molar-refractivity contribution in [3.63, 3.8) is 0 Å². The van der Waals surface area contributed by atoms with Gasteiger partial charge in [-0.15, -0.1) is 0 Å². The van der Waals surface area contributed by atoms with Gasteiger partial charge in [-0.3, -0.25) is 14.6 Å². The quantitative estimate of drug-likeness (QED) is 0.741. The molecule has 134 valence electrons. The van der Waals surface area contributed by atoms with E-state index in [4.69, 9.17) is 9.15 Å². The van der Waals surface area contributed by atoms with Crippen molar-refractivity contribution in [2.75, 3.05) is 52.4 Å². The Morgan fingerprint density at radius 1 is 1.33 bits per heavy atom. The third kappa shape index (κ3) is 5.04. The van der Waals surface area contributed by atoms with E-state index < -0.39 is 6.10 Å². The summed E-state index contributed by atoms with van der Waals surface area (Å²) in [5.41, 5.74) is 0. The maximum absolute atomic E-state index is 12.0. The van der Waals surface area contributed by atoms with Gasteiger partial charge in [0.2, 0.25) is 5.91 Å². The second kappa shape index (κ2) is 8.62. The number of nitrogens with zero attached hydrogens (tertiary/aromatic N) is 2. The maximum atomic E-state index is 12.0. The van der Waals surface area contributed by atoms with Crippen molar-refractivity contribution >= 4 is 5.91 Å². The lowest BCUT2D eigenvalue weighted by molar-refractivity contribution is -0.123. The summed E-state index contributed by atoms with van der Waals surface area (Å²) < 4.78 is 10.7. The summed E-state index contributed by atoms with van der Waals surface area (Å²) in [5, 5.41) is 13.1. The molecule has 2 fully saturated rings. The number of nitrogens with one attached hydrogen (secondary N) is 1. The minimum atomic E-state index is -0.596. The Bertz CT molecular complexity index is 494. The summed E-state index contributed by atoms with van der Waals surface area (Å²) in [5.74, 6) is 0.667. The number of rotatable bonds is 7. The number of carbonyl (C=O) groups excluding carboxylic acids is 1. The van der Waals surface area contributed by atoms with Crippen LogP contribution in [0.25, 0.3) is 0 Å². The molecule has 3 heterocycles. The summed E-state index contributed by atoms with van der Waals surface area (Å²) in [6, 6.07) is 3.57. The van der Waals surface area contributed by atoms with Crippen LogP contribution in [0.15, 0.2) is 22.8 Å². The molecule has 0 radical (unpaired) electrons. The van der Waals surface area contributed by atoms with Crippen LogP contribution in [0.5, 0.6) is 0 Å². The molecule has 2 saturated heterocycles. The highest BCUT2D eigenvalue weighted by atomic mass is 16.5. The lowest BCUT2D eigenvalue weighted by Crippen LogP contribution is -2.50. The molecule has 2 aliphatic rings. The molecule has 7 nitrogen and oxygen atoms in total. The van der Waals surface area contributed by atoms with Gasteiger partial charge in [-0.2, -0.15) is 0 Å². The summed E-state index contributed by atoms with van der Waals surface area (Å²) >= 11 is 0.